The summed E-state index contributed by atoms with van der Waals surface area (Å²) < 4.78 is 0. The molecule has 0 heterocycles. The van der Waals surface area contributed by atoms with E-state index in [2.05, 4.69) is 13.8 Å². The topological polar surface area (TPSA) is 99.8 Å². The minimum Gasteiger partial charge on any atom is -0.412 e. The number of rotatable bonds is 12. The molecule has 0 aromatic carbocycles. The zero-order valence-corrected chi connectivity index (χ0v) is 13.4. The smallest absolute Gasteiger partial charge is 0.195 e. The van der Waals surface area contributed by atoms with Gasteiger partial charge in [0.1, 0.15) is 0 Å². The molecular formula is C16H30O5. The Morgan fingerprint density at radius 1 is 0.667 bits per heavy atom. The maximum absolute atomic E-state index is 10.4. The molecule has 0 radical (unpaired) electrons. The summed E-state index contributed by atoms with van der Waals surface area (Å²) in [5.74, 6) is -0.535. The Kier molecular flexibility index (Phi) is 24.6. The Morgan fingerprint density at radius 3 is 1.24 bits per heavy atom. The van der Waals surface area contributed by atoms with Crippen molar-refractivity contribution in [2.75, 3.05) is 0 Å². The molecule has 0 saturated heterocycles. The van der Waals surface area contributed by atoms with Gasteiger partial charge in [0.05, 0.1) is 0 Å². The molecule has 5 nitrogen and oxygen atoms in total. The second kappa shape index (κ2) is 20.9. The third kappa shape index (κ3) is 24.1. The lowest BCUT2D eigenvalue weighted by atomic mass is 10.1. The number of hydrogen-bond acceptors (Lipinski definition) is 4. The highest BCUT2D eigenvalue weighted by molar-refractivity contribution is 6.25. The van der Waals surface area contributed by atoms with Gasteiger partial charge >= 0.3 is 0 Å². The summed E-state index contributed by atoms with van der Waals surface area (Å²) in [4.78, 5) is 40.5. The third-order valence-corrected chi connectivity index (χ3v) is 2.82. The van der Waals surface area contributed by atoms with Gasteiger partial charge < -0.3 is 5.48 Å². The van der Waals surface area contributed by atoms with E-state index in [0.717, 1.165) is 51.4 Å². The highest BCUT2D eigenvalue weighted by Crippen LogP contribution is 2.02. The van der Waals surface area contributed by atoms with Gasteiger partial charge in [-0.3, -0.25) is 19.2 Å². The van der Waals surface area contributed by atoms with Crippen LogP contribution >= 0.6 is 0 Å². The maximum atomic E-state index is 10.4. The fourth-order valence-electron chi connectivity index (χ4n) is 1.57. The summed E-state index contributed by atoms with van der Waals surface area (Å²) in [5.41, 5.74) is 0. The van der Waals surface area contributed by atoms with Crippen molar-refractivity contribution in [1.82, 2.24) is 0 Å². The molecule has 0 aliphatic rings. The van der Waals surface area contributed by atoms with Crippen LogP contribution in [-0.4, -0.2) is 29.6 Å². The monoisotopic (exact) mass is 302 g/mol. The second-order valence-electron chi connectivity index (χ2n) is 4.79. The normalized spacial score (nSPS) is 8.86. The van der Waals surface area contributed by atoms with Crippen molar-refractivity contribution in [2.45, 2.75) is 78.1 Å². The van der Waals surface area contributed by atoms with E-state index in [9.17, 15) is 19.2 Å². The Morgan fingerprint density at radius 2 is 1.00 bits per heavy atom. The van der Waals surface area contributed by atoms with E-state index >= 15 is 0 Å². The summed E-state index contributed by atoms with van der Waals surface area (Å²) >= 11 is 0. The van der Waals surface area contributed by atoms with Gasteiger partial charge in [-0.2, -0.15) is 0 Å². The van der Waals surface area contributed by atoms with Gasteiger partial charge in [0.25, 0.3) is 0 Å². The Labute approximate surface area is 127 Å². The molecule has 0 fully saturated rings. The first-order chi connectivity index (χ1) is 9.62. The summed E-state index contributed by atoms with van der Waals surface area (Å²) in [7, 11) is 0. The lowest BCUT2D eigenvalue weighted by Crippen LogP contribution is -1.97. The van der Waals surface area contributed by atoms with Crippen LogP contribution in [0.2, 0.25) is 0 Å². The van der Waals surface area contributed by atoms with Crippen molar-refractivity contribution in [3.8, 4) is 0 Å². The van der Waals surface area contributed by atoms with Gasteiger partial charge in [-0.05, 0) is 12.8 Å². The highest BCUT2D eigenvalue weighted by atomic mass is 16.2. The molecular weight excluding hydrogens is 272 g/mol. The molecule has 0 saturated carbocycles. The minimum atomic E-state index is -0.267. The van der Waals surface area contributed by atoms with Gasteiger partial charge in [-0.15, -0.1) is 0 Å². The van der Waals surface area contributed by atoms with E-state index in [1.165, 1.54) is 0 Å². The summed E-state index contributed by atoms with van der Waals surface area (Å²) in [6, 6.07) is 0. The number of carbonyl (C=O) groups excluding carboxylic acids is 4. The molecule has 21 heavy (non-hydrogen) atoms. The van der Waals surface area contributed by atoms with Crippen LogP contribution < -0.4 is 0 Å². The van der Waals surface area contributed by atoms with Crippen molar-refractivity contribution in [1.29, 1.82) is 0 Å². The maximum Gasteiger partial charge on any atom is 0.195 e. The molecule has 0 aliphatic carbocycles. The average molecular weight is 302 g/mol. The van der Waals surface area contributed by atoms with E-state index in [-0.39, 0.29) is 17.0 Å². The average Bonchev–Trinajstić information content (AvgIpc) is 2.48. The van der Waals surface area contributed by atoms with Crippen molar-refractivity contribution in [3.63, 3.8) is 0 Å². The fraction of sp³-hybridized carbons (Fsp3) is 0.750. The fourth-order valence-corrected chi connectivity index (χ4v) is 1.57. The van der Waals surface area contributed by atoms with Crippen molar-refractivity contribution in [2.24, 2.45) is 0 Å². The van der Waals surface area contributed by atoms with Gasteiger partial charge in [0.15, 0.2) is 24.1 Å². The molecule has 0 unspecified atom stereocenters. The van der Waals surface area contributed by atoms with E-state index in [1.807, 2.05) is 0 Å². The second-order valence-corrected chi connectivity index (χ2v) is 4.79. The number of Topliss-reactive ketones (excluding diaryl/α,β-unsaturated/α-hetero) is 2. The van der Waals surface area contributed by atoms with Crippen molar-refractivity contribution >= 4 is 24.1 Å². The van der Waals surface area contributed by atoms with Crippen LogP contribution in [0.3, 0.4) is 0 Å². The summed E-state index contributed by atoms with van der Waals surface area (Å²) in [6.07, 6.45) is 10.2. The van der Waals surface area contributed by atoms with Crippen molar-refractivity contribution < 1.29 is 24.7 Å². The Bertz CT molecular complexity index is 246. The molecule has 5 heteroatoms. The number of aldehydes is 2. The van der Waals surface area contributed by atoms with Gasteiger partial charge in [0.2, 0.25) is 0 Å². The lowest BCUT2D eigenvalue weighted by Gasteiger charge is -1.93. The predicted molar refractivity (Wildman–Crippen MR) is 83.3 cm³/mol. The molecule has 0 spiro atoms. The molecule has 0 aromatic rings. The van der Waals surface area contributed by atoms with Gasteiger partial charge in [0, 0.05) is 12.8 Å². The molecule has 0 atom stereocenters. The third-order valence-electron chi connectivity index (χ3n) is 2.82. The first-order valence-electron chi connectivity index (χ1n) is 7.58. The summed E-state index contributed by atoms with van der Waals surface area (Å²) in [6.45, 7) is 4.23. The number of hydrogen-bond donors (Lipinski definition) is 0. The van der Waals surface area contributed by atoms with Crippen LogP contribution in [0.15, 0.2) is 0 Å². The number of ketones is 2. The van der Waals surface area contributed by atoms with Crippen molar-refractivity contribution in [3.05, 3.63) is 0 Å². The van der Waals surface area contributed by atoms with E-state index in [4.69, 9.17) is 0 Å². The van der Waals surface area contributed by atoms with E-state index in [1.54, 1.807) is 0 Å². The van der Waals surface area contributed by atoms with Crippen LogP contribution in [-0.2, 0) is 19.2 Å². The van der Waals surface area contributed by atoms with Crippen LogP contribution in [0.5, 0.6) is 0 Å². The first-order valence-corrected chi connectivity index (χ1v) is 7.58. The lowest BCUT2D eigenvalue weighted by molar-refractivity contribution is -0.129. The number of unbranched alkanes of at least 4 members (excludes halogenated alkanes) is 6. The van der Waals surface area contributed by atoms with Gasteiger partial charge in [-0.1, -0.05) is 52.4 Å². The molecule has 124 valence electrons. The quantitative estimate of drug-likeness (QED) is 0.314. The van der Waals surface area contributed by atoms with Crippen LogP contribution in [0.1, 0.15) is 78.1 Å². The van der Waals surface area contributed by atoms with Crippen LogP contribution in [0.4, 0.5) is 0 Å². The van der Waals surface area contributed by atoms with E-state index in [0.29, 0.717) is 25.4 Å². The van der Waals surface area contributed by atoms with Crippen LogP contribution in [0, 0.1) is 0 Å². The molecule has 0 amide bonds. The largest absolute Gasteiger partial charge is 0.412 e. The zero-order chi connectivity index (χ0) is 15.6. The number of carbonyl (C=O) groups is 4. The first kappa shape index (κ1) is 24.6. The Balaban J connectivity index is -0.000000295. The molecule has 0 bridgehead atoms. The molecule has 0 aromatic heterocycles. The predicted octanol–water partition coefficient (Wildman–Crippen LogP) is 2.62. The summed E-state index contributed by atoms with van der Waals surface area (Å²) in [5, 5.41) is 0. The molecule has 2 N–H and O–H groups in total. The van der Waals surface area contributed by atoms with Crippen LogP contribution in [0.25, 0.3) is 0 Å². The minimum absolute atomic E-state index is 0. The molecule has 0 rings (SSSR count). The SMILES string of the molecule is CCCCCCC(=O)C=O.CCCCCCC(=O)C=O.O. The van der Waals surface area contributed by atoms with E-state index < -0.39 is 0 Å². The Hall–Kier alpha value is -1.36. The van der Waals surface area contributed by atoms with Gasteiger partial charge in [-0.25, -0.2) is 0 Å². The highest BCUT2D eigenvalue weighted by Gasteiger charge is 1.97. The zero-order valence-electron chi connectivity index (χ0n) is 13.4. The molecule has 0 aliphatic heterocycles. The standard InChI is InChI=1S/2C8H14O2.H2O/c2*1-2-3-4-5-6-8(10)7-9;/h2*7H,2-6H2,1H3;1H2.